The molecule has 4 nitrogen and oxygen atoms in total. The summed E-state index contributed by atoms with van der Waals surface area (Å²) in [5.41, 5.74) is 7.30. The highest BCUT2D eigenvalue weighted by molar-refractivity contribution is 5.79. The Bertz CT molecular complexity index is 450. The molecule has 2 N–H and O–H groups in total. The molecule has 1 aliphatic heterocycles. The SMILES string of the molecule is N#Cc1cccc(CN2CC(N)CC2=O)c1. The van der Waals surface area contributed by atoms with Gasteiger partial charge < -0.3 is 10.6 Å². The van der Waals surface area contributed by atoms with Crippen LogP contribution in [0, 0.1) is 11.3 Å². The fourth-order valence-electron chi connectivity index (χ4n) is 1.92. The van der Waals surface area contributed by atoms with Gasteiger partial charge in [-0.3, -0.25) is 4.79 Å². The molecule has 1 aliphatic rings. The molecule has 2 rings (SSSR count). The third-order valence-corrected chi connectivity index (χ3v) is 2.67. The maximum absolute atomic E-state index is 11.5. The fourth-order valence-corrected chi connectivity index (χ4v) is 1.92. The summed E-state index contributed by atoms with van der Waals surface area (Å²) in [6.45, 7) is 1.15. The molecule has 1 unspecified atom stereocenters. The predicted molar refractivity (Wildman–Crippen MR) is 59.2 cm³/mol. The molecule has 82 valence electrons. The molecule has 0 aliphatic carbocycles. The van der Waals surface area contributed by atoms with E-state index in [0.29, 0.717) is 25.1 Å². The lowest BCUT2D eigenvalue weighted by Crippen LogP contribution is -2.27. The Kier molecular flexibility index (Phi) is 2.88. The molecule has 4 heteroatoms. The molecule has 0 radical (unpaired) electrons. The van der Waals surface area contributed by atoms with Gasteiger partial charge in [-0.1, -0.05) is 12.1 Å². The van der Waals surface area contributed by atoms with Gasteiger partial charge in [0, 0.05) is 25.6 Å². The van der Waals surface area contributed by atoms with E-state index < -0.39 is 0 Å². The zero-order valence-electron chi connectivity index (χ0n) is 8.89. The van der Waals surface area contributed by atoms with Crippen LogP contribution in [0.5, 0.6) is 0 Å². The number of hydrogen-bond donors (Lipinski definition) is 1. The number of likely N-dealkylation sites (tertiary alicyclic amines) is 1. The van der Waals surface area contributed by atoms with Crippen LogP contribution < -0.4 is 5.73 Å². The number of amides is 1. The Morgan fingerprint density at radius 3 is 3.00 bits per heavy atom. The summed E-state index contributed by atoms with van der Waals surface area (Å²) in [4.78, 5) is 13.3. The highest BCUT2D eigenvalue weighted by Gasteiger charge is 2.26. The Labute approximate surface area is 94.3 Å². The van der Waals surface area contributed by atoms with Crippen molar-refractivity contribution in [3.05, 3.63) is 35.4 Å². The molecule has 1 aromatic rings. The normalized spacial score (nSPS) is 19.9. The van der Waals surface area contributed by atoms with Crippen molar-refractivity contribution >= 4 is 5.91 Å². The number of nitriles is 1. The van der Waals surface area contributed by atoms with E-state index in [1.54, 1.807) is 17.0 Å². The lowest BCUT2D eigenvalue weighted by Gasteiger charge is -2.15. The molecule has 0 aromatic heterocycles. The topological polar surface area (TPSA) is 70.1 Å². The average molecular weight is 215 g/mol. The van der Waals surface area contributed by atoms with E-state index >= 15 is 0 Å². The molecular formula is C12H13N3O. The number of nitrogens with two attached hydrogens (primary N) is 1. The summed E-state index contributed by atoms with van der Waals surface area (Å²) in [5.74, 6) is 0.0925. The molecular weight excluding hydrogens is 202 g/mol. The van der Waals surface area contributed by atoms with E-state index in [1.165, 1.54) is 0 Å². The lowest BCUT2D eigenvalue weighted by molar-refractivity contribution is -0.128. The third kappa shape index (κ3) is 2.20. The van der Waals surface area contributed by atoms with Gasteiger partial charge in [0.2, 0.25) is 5.91 Å². The molecule has 1 saturated heterocycles. The Morgan fingerprint density at radius 1 is 1.56 bits per heavy atom. The van der Waals surface area contributed by atoms with Crippen LogP contribution in [0.3, 0.4) is 0 Å². The number of rotatable bonds is 2. The maximum atomic E-state index is 11.5. The van der Waals surface area contributed by atoms with E-state index in [2.05, 4.69) is 6.07 Å². The van der Waals surface area contributed by atoms with Crippen molar-refractivity contribution in [2.24, 2.45) is 5.73 Å². The van der Waals surface area contributed by atoms with Gasteiger partial charge in [-0.15, -0.1) is 0 Å². The Morgan fingerprint density at radius 2 is 2.38 bits per heavy atom. The molecule has 1 aromatic carbocycles. The highest BCUT2D eigenvalue weighted by atomic mass is 16.2. The van der Waals surface area contributed by atoms with Gasteiger partial charge in [-0.05, 0) is 17.7 Å². The minimum Gasteiger partial charge on any atom is -0.337 e. The molecule has 1 fully saturated rings. The molecule has 0 spiro atoms. The molecule has 1 atom stereocenters. The van der Waals surface area contributed by atoms with Crippen molar-refractivity contribution in [3.8, 4) is 6.07 Å². The second-order valence-corrected chi connectivity index (χ2v) is 4.05. The summed E-state index contributed by atoms with van der Waals surface area (Å²) in [7, 11) is 0. The molecule has 1 heterocycles. The number of carbonyl (C=O) groups excluding carboxylic acids is 1. The summed E-state index contributed by atoms with van der Waals surface area (Å²) in [6.07, 6.45) is 0.429. The first-order valence-electron chi connectivity index (χ1n) is 5.21. The number of benzene rings is 1. The van der Waals surface area contributed by atoms with Crippen LogP contribution in [0.4, 0.5) is 0 Å². The van der Waals surface area contributed by atoms with Crippen LogP contribution in [-0.2, 0) is 11.3 Å². The fraction of sp³-hybridized carbons (Fsp3) is 0.333. The van der Waals surface area contributed by atoms with Crippen LogP contribution in [-0.4, -0.2) is 23.4 Å². The van der Waals surface area contributed by atoms with Gasteiger partial charge in [-0.2, -0.15) is 5.26 Å². The van der Waals surface area contributed by atoms with Gasteiger partial charge in [0.15, 0.2) is 0 Å². The van der Waals surface area contributed by atoms with Crippen LogP contribution in [0.1, 0.15) is 17.5 Å². The summed E-state index contributed by atoms with van der Waals surface area (Å²) in [6, 6.07) is 9.33. The zero-order valence-corrected chi connectivity index (χ0v) is 8.89. The first kappa shape index (κ1) is 10.7. The Hall–Kier alpha value is -1.86. The lowest BCUT2D eigenvalue weighted by atomic mass is 10.1. The summed E-state index contributed by atoms with van der Waals surface area (Å²) >= 11 is 0. The van der Waals surface area contributed by atoms with Crippen molar-refractivity contribution in [2.45, 2.75) is 19.0 Å². The van der Waals surface area contributed by atoms with Gasteiger partial charge >= 0.3 is 0 Å². The quantitative estimate of drug-likeness (QED) is 0.786. The minimum atomic E-state index is -0.0494. The predicted octanol–water partition coefficient (Wildman–Crippen LogP) is 0.618. The minimum absolute atomic E-state index is 0.0494. The second-order valence-electron chi connectivity index (χ2n) is 4.05. The third-order valence-electron chi connectivity index (χ3n) is 2.67. The van der Waals surface area contributed by atoms with Crippen LogP contribution in [0.15, 0.2) is 24.3 Å². The number of hydrogen-bond acceptors (Lipinski definition) is 3. The van der Waals surface area contributed by atoms with E-state index in [4.69, 9.17) is 11.0 Å². The number of carbonyl (C=O) groups is 1. The van der Waals surface area contributed by atoms with Gasteiger partial charge in [-0.25, -0.2) is 0 Å². The molecule has 0 bridgehead atoms. The monoisotopic (exact) mass is 215 g/mol. The first-order valence-corrected chi connectivity index (χ1v) is 5.21. The van der Waals surface area contributed by atoms with Gasteiger partial charge in [0.1, 0.15) is 0 Å². The average Bonchev–Trinajstić information content (AvgIpc) is 2.58. The van der Waals surface area contributed by atoms with Crippen molar-refractivity contribution < 1.29 is 4.79 Å². The van der Waals surface area contributed by atoms with E-state index in [0.717, 1.165) is 5.56 Å². The summed E-state index contributed by atoms with van der Waals surface area (Å²) in [5, 5.41) is 8.77. The van der Waals surface area contributed by atoms with Crippen molar-refractivity contribution in [3.63, 3.8) is 0 Å². The van der Waals surface area contributed by atoms with E-state index in [9.17, 15) is 4.79 Å². The first-order chi connectivity index (χ1) is 7.69. The maximum Gasteiger partial charge on any atom is 0.224 e. The Balaban J connectivity index is 2.09. The van der Waals surface area contributed by atoms with Crippen LogP contribution in [0.2, 0.25) is 0 Å². The number of nitrogens with zero attached hydrogens (tertiary/aromatic N) is 2. The van der Waals surface area contributed by atoms with Crippen molar-refractivity contribution in [1.29, 1.82) is 5.26 Å². The molecule has 0 saturated carbocycles. The molecule has 1 amide bonds. The van der Waals surface area contributed by atoms with Gasteiger partial charge in [0.25, 0.3) is 0 Å². The second kappa shape index (κ2) is 4.33. The zero-order chi connectivity index (χ0) is 11.5. The van der Waals surface area contributed by atoms with Crippen molar-refractivity contribution in [1.82, 2.24) is 4.90 Å². The largest absolute Gasteiger partial charge is 0.337 e. The highest BCUT2D eigenvalue weighted by Crippen LogP contribution is 2.14. The van der Waals surface area contributed by atoms with Crippen LogP contribution >= 0.6 is 0 Å². The standard InChI is InChI=1S/C12H13N3O/c13-6-9-2-1-3-10(4-9)7-15-8-11(14)5-12(15)16/h1-4,11H,5,7-8,14H2. The summed E-state index contributed by atoms with van der Waals surface area (Å²) < 4.78 is 0. The van der Waals surface area contributed by atoms with E-state index in [-0.39, 0.29) is 11.9 Å². The van der Waals surface area contributed by atoms with Gasteiger partial charge in [0.05, 0.1) is 11.6 Å². The smallest absolute Gasteiger partial charge is 0.224 e. The van der Waals surface area contributed by atoms with E-state index in [1.807, 2.05) is 12.1 Å². The van der Waals surface area contributed by atoms with Crippen LogP contribution in [0.25, 0.3) is 0 Å². The van der Waals surface area contributed by atoms with Crippen molar-refractivity contribution in [2.75, 3.05) is 6.54 Å². The molecule has 16 heavy (non-hydrogen) atoms.